The Balaban J connectivity index is 0.000000250. The predicted molar refractivity (Wildman–Crippen MR) is 20.1 cm³/mol. The van der Waals surface area contributed by atoms with Crippen LogP contribution < -0.4 is 12.4 Å². The molecule has 0 radical (unpaired) electrons. The molecule has 6 heavy (non-hydrogen) atoms. The molecule has 1 heterocycles. The Bertz CT molecular complexity index is 67.3. The van der Waals surface area contributed by atoms with Gasteiger partial charge in [-0.3, -0.25) is 0 Å². The molecule has 0 aliphatic carbocycles. The van der Waals surface area contributed by atoms with Crippen molar-refractivity contribution in [1.29, 1.82) is 0 Å². The van der Waals surface area contributed by atoms with Crippen LogP contribution in [0.5, 0.6) is 0 Å². The molecular formula is C3H3ClOTe. The van der Waals surface area contributed by atoms with Crippen molar-refractivity contribution in [3.05, 3.63) is 16.4 Å². The topological polar surface area (TPSA) is 11.3 Å². The van der Waals surface area contributed by atoms with E-state index in [-0.39, 0.29) is 33.3 Å². The van der Waals surface area contributed by atoms with Crippen LogP contribution in [0.15, 0.2) is 19.2 Å². The molecule has 0 atom stereocenters. The molecule has 0 aromatic carbocycles. The Labute approximate surface area is 52.6 Å². The zero-order valence-electron chi connectivity index (χ0n) is 2.93. The molecule has 0 amide bonds. The summed E-state index contributed by atoms with van der Waals surface area (Å²) in [6, 6.07) is 1.95. The Hall–Kier alpha value is 0.490. The van der Waals surface area contributed by atoms with E-state index in [1.165, 1.54) is 0 Å². The van der Waals surface area contributed by atoms with Gasteiger partial charge < -0.3 is 12.4 Å². The van der Waals surface area contributed by atoms with E-state index in [0.717, 1.165) is 0 Å². The summed E-state index contributed by atoms with van der Waals surface area (Å²) in [4.78, 5) is 0. The molecule has 0 N–H and O–H groups in total. The van der Waals surface area contributed by atoms with Gasteiger partial charge in [-0.2, -0.15) is 0 Å². The third-order valence-electron chi connectivity index (χ3n) is 0.324. The third-order valence-corrected chi connectivity index (χ3v) is 1.72. The third kappa shape index (κ3) is 1.81. The quantitative estimate of drug-likeness (QED) is 0.350. The van der Waals surface area contributed by atoms with E-state index in [4.69, 9.17) is 2.76 Å². The maximum atomic E-state index is 4.84. The first kappa shape index (κ1) is 6.49. The molecular weight excluding hydrogens is 215 g/mol. The van der Waals surface area contributed by atoms with E-state index < -0.39 is 0 Å². The average Bonchev–Trinajstić information content (AvgIpc) is 1.76. The van der Waals surface area contributed by atoms with Gasteiger partial charge in [-0.15, -0.1) is 0 Å². The summed E-state index contributed by atoms with van der Waals surface area (Å²) in [6.45, 7) is 0. The van der Waals surface area contributed by atoms with E-state index in [1.54, 1.807) is 6.26 Å². The normalized spacial score (nSPS) is 6.67. The predicted octanol–water partition coefficient (Wildman–Crippen LogP) is -2.38. The van der Waals surface area contributed by atoms with Crippen LogP contribution in [0, 0.1) is 0 Å². The Kier molecular flexibility index (Phi) is 3.97. The van der Waals surface area contributed by atoms with Gasteiger partial charge in [0.15, 0.2) is 0 Å². The number of hydrogen-bond acceptors (Lipinski definition) is 0. The number of rotatable bonds is 0. The van der Waals surface area contributed by atoms with Gasteiger partial charge in [-0.1, -0.05) is 0 Å². The minimum absolute atomic E-state index is 0. The molecule has 0 aliphatic heterocycles. The fraction of sp³-hybridized carbons (Fsp3) is 0. The van der Waals surface area contributed by atoms with Gasteiger partial charge in [0.25, 0.3) is 0 Å². The van der Waals surface area contributed by atoms with Crippen molar-refractivity contribution in [2.24, 2.45) is 0 Å². The van der Waals surface area contributed by atoms with Crippen LogP contribution in [-0.2, 0) is 0 Å². The van der Waals surface area contributed by atoms with Crippen LogP contribution in [-0.4, -0.2) is 20.9 Å². The first-order valence-electron chi connectivity index (χ1n) is 1.30. The maximum absolute atomic E-state index is 4.84. The van der Waals surface area contributed by atoms with E-state index in [1.807, 2.05) is 6.07 Å². The Morgan fingerprint density at radius 2 is 2.33 bits per heavy atom. The van der Waals surface area contributed by atoms with Crippen molar-refractivity contribution in [2.75, 3.05) is 0 Å². The van der Waals surface area contributed by atoms with E-state index in [9.17, 15) is 0 Å². The van der Waals surface area contributed by atoms with Crippen molar-refractivity contribution in [3.8, 4) is 0 Å². The average molecular weight is 218 g/mol. The van der Waals surface area contributed by atoms with Gasteiger partial charge in [0.1, 0.15) is 0 Å². The molecule has 0 fully saturated rings. The van der Waals surface area contributed by atoms with Gasteiger partial charge >= 0.3 is 40.0 Å². The first-order chi connectivity index (χ1) is 2.50. The van der Waals surface area contributed by atoms with Crippen LogP contribution in [0.1, 0.15) is 0 Å². The molecule has 0 unspecified atom stereocenters. The van der Waals surface area contributed by atoms with E-state index in [0.29, 0.717) is 0 Å². The first-order valence-corrected chi connectivity index (χ1v) is 3.60. The summed E-state index contributed by atoms with van der Waals surface area (Å²) in [6.07, 6.45) is 1.74. The molecule has 1 nitrogen and oxygen atoms in total. The zero-order valence-corrected chi connectivity index (χ0v) is 6.01. The van der Waals surface area contributed by atoms with E-state index >= 15 is 0 Å². The molecule has 0 spiro atoms. The second-order valence-corrected chi connectivity index (χ2v) is 2.53. The summed E-state index contributed by atoms with van der Waals surface area (Å²) in [5, 5.41) is 0. The molecule has 3 heteroatoms. The monoisotopic (exact) mass is 220 g/mol. The molecule has 0 saturated heterocycles. The van der Waals surface area contributed by atoms with Gasteiger partial charge in [-0.25, -0.2) is 0 Å². The fourth-order valence-electron chi connectivity index (χ4n) is 0.160. The number of halogens is 1. The van der Waals surface area contributed by atoms with Crippen molar-refractivity contribution in [2.45, 2.75) is 0 Å². The van der Waals surface area contributed by atoms with Crippen molar-refractivity contribution in [1.82, 2.24) is 0 Å². The standard InChI is InChI=1S/C3H3OTe.ClH/c1-2-4-5-3-1;/h1-3H;1H/q+1;/p-1. The number of hydrogen-bond donors (Lipinski definition) is 0. The Morgan fingerprint density at radius 3 is 2.50 bits per heavy atom. The van der Waals surface area contributed by atoms with Crippen molar-refractivity contribution in [3.63, 3.8) is 0 Å². The summed E-state index contributed by atoms with van der Waals surface area (Å²) in [5.74, 6) is 0. The molecule has 34 valence electrons. The molecule has 0 saturated carbocycles. The van der Waals surface area contributed by atoms with Crippen LogP contribution in [0.4, 0.5) is 0 Å². The minimum atomic E-state index is -0.132. The van der Waals surface area contributed by atoms with Gasteiger partial charge in [0.2, 0.25) is 0 Å². The van der Waals surface area contributed by atoms with E-state index in [2.05, 4.69) is 4.08 Å². The molecule has 0 aliphatic rings. The molecule has 0 bridgehead atoms. The summed E-state index contributed by atoms with van der Waals surface area (Å²) in [7, 11) is 0. The van der Waals surface area contributed by atoms with Crippen LogP contribution in [0.25, 0.3) is 0 Å². The molecule has 1 aromatic heterocycles. The van der Waals surface area contributed by atoms with Gasteiger partial charge in [0.05, 0.1) is 0 Å². The second kappa shape index (κ2) is 3.67. The second-order valence-electron chi connectivity index (χ2n) is 0.657. The summed E-state index contributed by atoms with van der Waals surface area (Å²) < 4.78 is 6.93. The summed E-state index contributed by atoms with van der Waals surface area (Å²) in [5.41, 5.74) is 0. The molecule has 1 rings (SSSR count). The van der Waals surface area contributed by atoms with Crippen molar-refractivity contribution < 1.29 is 15.2 Å². The van der Waals surface area contributed by atoms with Gasteiger partial charge in [0, 0.05) is 0 Å². The van der Waals surface area contributed by atoms with Crippen LogP contribution >= 0.6 is 0 Å². The van der Waals surface area contributed by atoms with Gasteiger partial charge in [-0.05, 0) is 0 Å². The zero-order chi connectivity index (χ0) is 3.54. The summed E-state index contributed by atoms with van der Waals surface area (Å²) >= 11 is -0.132. The van der Waals surface area contributed by atoms with Crippen LogP contribution in [0.2, 0.25) is 0 Å². The molecule has 1 aromatic rings. The van der Waals surface area contributed by atoms with Crippen LogP contribution in [0.3, 0.4) is 0 Å². The van der Waals surface area contributed by atoms with Crippen molar-refractivity contribution >= 4 is 20.9 Å². The fourth-order valence-corrected chi connectivity index (χ4v) is 1.08. The SMILES string of the molecule is [Cl-].c1c[o+][te]c1. The Morgan fingerprint density at radius 1 is 1.50 bits per heavy atom.